The maximum atomic E-state index is 6.20. The minimum atomic E-state index is 0.196. The van der Waals surface area contributed by atoms with Gasteiger partial charge in [-0.2, -0.15) is 0 Å². The highest BCUT2D eigenvalue weighted by atomic mass is 35.5. The van der Waals surface area contributed by atoms with E-state index < -0.39 is 0 Å². The van der Waals surface area contributed by atoms with Crippen LogP contribution < -0.4 is 5.73 Å². The summed E-state index contributed by atoms with van der Waals surface area (Å²) in [5, 5.41) is 1.51. The molecule has 1 nitrogen and oxygen atoms in total. The van der Waals surface area contributed by atoms with Gasteiger partial charge in [-0.05, 0) is 48.9 Å². The van der Waals surface area contributed by atoms with Gasteiger partial charge in [0.1, 0.15) is 0 Å². The monoisotopic (exact) mass is 285 g/mol. The van der Waals surface area contributed by atoms with E-state index in [4.69, 9.17) is 28.9 Å². The molecule has 0 radical (unpaired) electrons. The van der Waals surface area contributed by atoms with E-state index in [1.165, 1.54) is 32.1 Å². The van der Waals surface area contributed by atoms with E-state index in [1.54, 1.807) is 0 Å². The predicted octanol–water partition coefficient (Wildman–Crippen LogP) is 4.83. The van der Waals surface area contributed by atoms with Gasteiger partial charge in [0.2, 0.25) is 0 Å². The number of rotatable bonds is 5. The van der Waals surface area contributed by atoms with Crippen molar-refractivity contribution in [2.24, 2.45) is 11.7 Å². The zero-order chi connectivity index (χ0) is 13.0. The number of nitrogens with two attached hydrogens (primary N) is 1. The second kappa shape index (κ2) is 6.79. The fraction of sp³-hybridized carbons (Fsp3) is 0.600. The first kappa shape index (κ1) is 14.2. The lowest BCUT2D eigenvalue weighted by atomic mass is 9.95. The van der Waals surface area contributed by atoms with Crippen molar-refractivity contribution in [1.29, 1.82) is 0 Å². The number of hydrogen-bond donors (Lipinski definition) is 1. The summed E-state index contributed by atoms with van der Waals surface area (Å²) in [6.07, 6.45) is 8.77. The summed E-state index contributed by atoms with van der Waals surface area (Å²) in [6, 6.07) is 5.79. The van der Waals surface area contributed by atoms with Crippen LogP contribution in [0.1, 0.15) is 44.1 Å². The van der Waals surface area contributed by atoms with E-state index in [2.05, 4.69) is 0 Å². The smallest absolute Gasteiger partial charge is 0.0439 e. The van der Waals surface area contributed by atoms with Gasteiger partial charge in [0.05, 0.1) is 0 Å². The molecule has 18 heavy (non-hydrogen) atoms. The van der Waals surface area contributed by atoms with Gasteiger partial charge in [0.25, 0.3) is 0 Å². The third-order valence-corrected chi connectivity index (χ3v) is 4.51. The van der Waals surface area contributed by atoms with Crippen LogP contribution in [0.5, 0.6) is 0 Å². The van der Waals surface area contributed by atoms with Gasteiger partial charge in [-0.1, -0.05) is 48.9 Å². The molecule has 2 rings (SSSR count). The number of hydrogen-bond acceptors (Lipinski definition) is 1. The normalized spacial score (nSPS) is 18.2. The van der Waals surface area contributed by atoms with Crippen LogP contribution in [0.25, 0.3) is 0 Å². The molecule has 1 unspecified atom stereocenters. The molecular weight excluding hydrogens is 265 g/mol. The second-order valence-electron chi connectivity index (χ2n) is 5.43. The van der Waals surface area contributed by atoms with Gasteiger partial charge in [-0.25, -0.2) is 0 Å². The Morgan fingerprint density at radius 3 is 2.67 bits per heavy atom. The Balaban J connectivity index is 1.82. The molecule has 1 aliphatic carbocycles. The maximum Gasteiger partial charge on any atom is 0.0439 e. The van der Waals surface area contributed by atoms with Crippen molar-refractivity contribution in [3.63, 3.8) is 0 Å². The Hall–Kier alpha value is -0.240. The average molecular weight is 286 g/mol. The van der Waals surface area contributed by atoms with Crippen LogP contribution in [0.3, 0.4) is 0 Å². The van der Waals surface area contributed by atoms with Crippen LogP contribution in [-0.4, -0.2) is 6.04 Å². The van der Waals surface area contributed by atoms with E-state index in [0.717, 1.165) is 34.4 Å². The summed E-state index contributed by atoms with van der Waals surface area (Å²) in [6.45, 7) is 0. The quantitative estimate of drug-likeness (QED) is 0.824. The first-order chi connectivity index (χ1) is 8.65. The van der Waals surface area contributed by atoms with Gasteiger partial charge in [-0.3, -0.25) is 0 Å². The third kappa shape index (κ3) is 4.15. The summed E-state index contributed by atoms with van der Waals surface area (Å²) in [4.78, 5) is 0. The van der Waals surface area contributed by atoms with Crippen LogP contribution in [-0.2, 0) is 6.42 Å². The summed E-state index contributed by atoms with van der Waals surface area (Å²) in [5.74, 6) is 0.908. The van der Waals surface area contributed by atoms with E-state index in [0.29, 0.717) is 0 Å². The van der Waals surface area contributed by atoms with Crippen molar-refractivity contribution in [3.05, 3.63) is 33.8 Å². The van der Waals surface area contributed by atoms with Crippen LogP contribution in [0.15, 0.2) is 18.2 Å². The van der Waals surface area contributed by atoms with Gasteiger partial charge >= 0.3 is 0 Å². The summed E-state index contributed by atoms with van der Waals surface area (Å²) < 4.78 is 0. The Morgan fingerprint density at radius 1 is 1.22 bits per heavy atom. The van der Waals surface area contributed by atoms with E-state index in [9.17, 15) is 0 Å². The maximum absolute atomic E-state index is 6.20. The van der Waals surface area contributed by atoms with Crippen LogP contribution in [0.4, 0.5) is 0 Å². The van der Waals surface area contributed by atoms with Crippen molar-refractivity contribution in [3.8, 4) is 0 Å². The second-order valence-corrected chi connectivity index (χ2v) is 6.27. The highest BCUT2D eigenvalue weighted by molar-refractivity contribution is 6.33. The third-order valence-electron chi connectivity index (χ3n) is 3.91. The Bertz CT molecular complexity index is 386. The minimum absolute atomic E-state index is 0.196. The minimum Gasteiger partial charge on any atom is -0.327 e. The summed E-state index contributed by atoms with van der Waals surface area (Å²) in [7, 11) is 0. The molecule has 1 aliphatic rings. The molecule has 0 amide bonds. The van der Waals surface area contributed by atoms with Gasteiger partial charge < -0.3 is 5.73 Å². The zero-order valence-corrected chi connectivity index (χ0v) is 12.2. The van der Waals surface area contributed by atoms with Gasteiger partial charge in [0.15, 0.2) is 0 Å². The average Bonchev–Trinajstić information content (AvgIpc) is 2.84. The lowest BCUT2D eigenvalue weighted by Crippen LogP contribution is -2.23. The number of benzene rings is 1. The molecule has 100 valence electrons. The SMILES string of the molecule is NC(CCC1CCCC1)Cc1cc(Cl)ccc1Cl. The molecule has 0 spiro atoms. The first-order valence-electron chi connectivity index (χ1n) is 6.84. The Labute approximate surface area is 120 Å². The van der Waals surface area contributed by atoms with E-state index >= 15 is 0 Å². The van der Waals surface area contributed by atoms with Crippen molar-refractivity contribution in [2.75, 3.05) is 0 Å². The molecule has 0 aromatic heterocycles. The Kier molecular flexibility index (Phi) is 5.35. The van der Waals surface area contributed by atoms with Crippen molar-refractivity contribution >= 4 is 23.2 Å². The lowest BCUT2D eigenvalue weighted by molar-refractivity contribution is 0.447. The molecule has 1 saturated carbocycles. The molecule has 0 saturated heterocycles. The molecule has 3 heteroatoms. The zero-order valence-electron chi connectivity index (χ0n) is 10.7. The fourth-order valence-corrected chi connectivity index (χ4v) is 3.22. The van der Waals surface area contributed by atoms with E-state index in [-0.39, 0.29) is 6.04 Å². The van der Waals surface area contributed by atoms with Crippen molar-refractivity contribution in [2.45, 2.75) is 51.0 Å². The standard InChI is InChI=1S/C15H21Cl2N/c16-13-6-8-15(17)12(9-13)10-14(18)7-5-11-3-1-2-4-11/h6,8-9,11,14H,1-5,7,10,18H2. The first-order valence-corrected chi connectivity index (χ1v) is 7.60. The van der Waals surface area contributed by atoms with Gasteiger partial charge in [0, 0.05) is 16.1 Å². The lowest BCUT2D eigenvalue weighted by Gasteiger charge is -2.15. The van der Waals surface area contributed by atoms with Crippen LogP contribution >= 0.6 is 23.2 Å². The molecule has 1 fully saturated rings. The van der Waals surface area contributed by atoms with Crippen LogP contribution in [0, 0.1) is 5.92 Å². The Morgan fingerprint density at radius 2 is 1.94 bits per heavy atom. The van der Waals surface area contributed by atoms with Crippen molar-refractivity contribution in [1.82, 2.24) is 0 Å². The van der Waals surface area contributed by atoms with Gasteiger partial charge in [-0.15, -0.1) is 0 Å². The molecule has 1 aromatic carbocycles. The van der Waals surface area contributed by atoms with Crippen molar-refractivity contribution < 1.29 is 0 Å². The van der Waals surface area contributed by atoms with E-state index in [1.807, 2.05) is 18.2 Å². The molecule has 1 atom stereocenters. The highest BCUT2D eigenvalue weighted by Crippen LogP contribution is 2.29. The highest BCUT2D eigenvalue weighted by Gasteiger charge is 2.16. The number of halogens is 2. The molecule has 2 N–H and O–H groups in total. The molecule has 0 bridgehead atoms. The summed E-state index contributed by atoms with van der Waals surface area (Å²) in [5.41, 5.74) is 7.27. The van der Waals surface area contributed by atoms with Crippen LogP contribution in [0.2, 0.25) is 10.0 Å². The molecule has 0 aliphatic heterocycles. The molecule has 1 aromatic rings. The fourth-order valence-electron chi connectivity index (χ4n) is 2.83. The predicted molar refractivity (Wildman–Crippen MR) is 79.3 cm³/mol. The molecular formula is C15H21Cl2N. The largest absolute Gasteiger partial charge is 0.327 e. The molecule has 0 heterocycles. The topological polar surface area (TPSA) is 26.0 Å². The summed E-state index contributed by atoms with van der Waals surface area (Å²) >= 11 is 12.1.